The van der Waals surface area contributed by atoms with Crippen LogP contribution in [0.5, 0.6) is 0 Å². The molecule has 6 heteroatoms. The highest BCUT2D eigenvalue weighted by molar-refractivity contribution is 7.92. The number of amides is 1. The SMILES string of the molecule is CN(CC1CC1)C(=O)c1ccccc1NS(C)(=O)=O. The molecule has 1 N–H and O–H groups in total. The third kappa shape index (κ3) is 3.96. The molecule has 1 aliphatic rings. The van der Waals surface area contributed by atoms with Gasteiger partial charge in [-0.15, -0.1) is 0 Å². The lowest BCUT2D eigenvalue weighted by Crippen LogP contribution is -2.29. The lowest BCUT2D eigenvalue weighted by Gasteiger charge is -2.19. The number of carbonyl (C=O) groups is 1. The highest BCUT2D eigenvalue weighted by Crippen LogP contribution is 2.30. The second-order valence-electron chi connectivity index (χ2n) is 5.05. The summed E-state index contributed by atoms with van der Waals surface area (Å²) in [6.45, 7) is 0.728. The van der Waals surface area contributed by atoms with Crippen molar-refractivity contribution in [2.45, 2.75) is 12.8 Å². The van der Waals surface area contributed by atoms with Crippen LogP contribution in [-0.2, 0) is 10.0 Å². The minimum atomic E-state index is -3.39. The molecule has 1 saturated carbocycles. The molecule has 2 rings (SSSR count). The number of rotatable bonds is 5. The highest BCUT2D eigenvalue weighted by atomic mass is 32.2. The fourth-order valence-electron chi connectivity index (χ4n) is 1.93. The molecule has 1 fully saturated rings. The maximum atomic E-state index is 12.3. The lowest BCUT2D eigenvalue weighted by atomic mass is 10.1. The molecule has 0 aromatic heterocycles. The van der Waals surface area contributed by atoms with Gasteiger partial charge in [-0.1, -0.05) is 12.1 Å². The summed E-state index contributed by atoms with van der Waals surface area (Å²) >= 11 is 0. The Balaban J connectivity index is 2.20. The summed E-state index contributed by atoms with van der Waals surface area (Å²) in [6.07, 6.45) is 3.41. The van der Waals surface area contributed by atoms with Crippen LogP contribution in [0.1, 0.15) is 23.2 Å². The molecule has 1 aromatic carbocycles. The zero-order valence-corrected chi connectivity index (χ0v) is 11.9. The number of benzene rings is 1. The van der Waals surface area contributed by atoms with E-state index in [9.17, 15) is 13.2 Å². The fourth-order valence-corrected chi connectivity index (χ4v) is 2.51. The first-order valence-electron chi connectivity index (χ1n) is 6.19. The molecule has 0 heterocycles. The van der Waals surface area contributed by atoms with Gasteiger partial charge in [0.2, 0.25) is 10.0 Å². The Labute approximate surface area is 113 Å². The van der Waals surface area contributed by atoms with Gasteiger partial charge in [0.05, 0.1) is 17.5 Å². The van der Waals surface area contributed by atoms with Gasteiger partial charge in [0.1, 0.15) is 0 Å². The Morgan fingerprint density at radius 2 is 2.00 bits per heavy atom. The van der Waals surface area contributed by atoms with Gasteiger partial charge in [0, 0.05) is 13.6 Å². The maximum absolute atomic E-state index is 12.3. The number of carbonyl (C=O) groups excluding carboxylic acids is 1. The minimum absolute atomic E-state index is 0.154. The maximum Gasteiger partial charge on any atom is 0.255 e. The lowest BCUT2D eigenvalue weighted by molar-refractivity contribution is 0.0789. The van der Waals surface area contributed by atoms with Gasteiger partial charge in [0.25, 0.3) is 5.91 Å². The first-order valence-corrected chi connectivity index (χ1v) is 8.08. The molecule has 0 saturated heterocycles. The Morgan fingerprint density at radius 3 is 2.58 bits per heavy atom. The van der Waals surface area contributed by atoms with Crippen LogP contribution in [0, 0.1) is 5.92 Å². The molecule has 1 amide bonds. The molecule has 0 unspecified atom stereocenters. The Morgan fingerprint density at radius 1 is 1.37 bits per heavy atom. The molecule has 0 aliphatic heterocycles. The van der Waals surface area contributed by atoms with E-state index in [4.69, 9.17) is 0 Å². The van der Waals surface area contributed by atoms with Crippen LogP contribution in [0.2, 0.25) is 0 Å². The van der Waals surface area contributed by atoms with E-state index in [0.717, 1.165) is 12.8 Å². The topological polar surface area (TPSA) is 66.5 Å². The average molecular weight is 282 g/mol. The first-order chi connectivity index (χ1) is 8.87. The van der Waals surface area contributed by atoms with E-state index < -0.39 is 10.0 Å². The molecule has 0 atom stereocenters. The summed E-state index contributed by atoms with van der Waals surface area (Å²) < 4.78 is 25.0. The monoisotopic (exact) mass is 282 g/mol. The predicted octanol–water partition coefficient (Wildman–Crippen LogP) is 1.54. The summed E-state index contributed by atoms with van der Waals surface area (Å²) in [5.41, 5.74) is 0.716. The smallest absolute Gasteiger partial charge is 0.255 e. The number of sulfonamides is 1. The minimum Gasteiger partial charge on any atom is -0.341 e. The van der Waals surface area contributed by atoms with Crippen molar-refractivity contribution in [3.8, 4) is 0 Å². The van der Waals surface area contributed by atoms with Gasteiger partial charge >= 0.3 is 0 Å². The van der Waals surface area contributed by atoms with Gasteiger partial charge in [-0.25, -0.2) is 8.42 Å². The van der Waals surface area contributed by atoms with Gasteiger partial charge in [-0.2, -0.15) is 0 Å². The molecule has 19 heavy (non-hydrogen) atoms. The molecule has 1 aliphatic carbocycles. The number of para-hydroxylation sites is 1. The second-order valence-corrected chi connectivity index (χ2v) is 6.80. The van der Waals surface area contributed by atoms with Crippen molar-refractivity contribution in [1.82, 2.24) is 4.90 Å². The van der Waals surface area contributed by atoms with E-state index in [2.05, 4.69) is 4.72 Å². The van der Waals surface area contributed by atoms with Gasteiger partial charge in [0.15, 0.2) is 0 Å². The number of hydrogen-bond acceptors (Lipinski definition) is 3. The molecule has 5 nitrogen and oxygen atoms in total. The molecule has 0 spiro atoms. The van der Waals surface area contributed by atoms with Crippen molar-refractivity contribution in [2.24, 2.45) is 5.92 Å². The summed E-state index contributed by atoms with van der Waals surface area (Å²) in [4.78, 5) is 14.0. The normalized spacial score (nSPS) is 15.1. The fraction of sp³-hybridized carbons (Fsp3) is 0.462. The molecule has 0 radical (unpaired) electrons. The standard InChI is InChI=1S/C13H18N2O3S/c1-15(9-10-7-8-10)13(16)11-5-3-4-6-12(11)14-19(2,17)18/h3-6,10,14H,7-9H2,1-2H3. The van der Waals surface area contributed by atoms with Crippen LogP contribution < -0.4 is 4.72 Å². The van der Waals surface area contributed by atoms with E-state index in [0.29, 0.717) is 17.2 Å². The van der Waals surface area contributed by atoms with Crippen LogP contribution in [0.3, 0.4) is 0 Å². The van der Waals surface area contributed by atoms with Gasteiger partial charge < -0.3 is 4.90 Å². The van der Waals surface area contributed by atoms with Crippen LogP contribution in [-0.4, -0.2) is 39.1 Å². The summed E-state index contributed by atoms with van der Waals surface area (Å²) in [6, 6.07) is 6.66. The average Bonchev–Trinajstić information content (AvgIpc) is 3.10. The van der Waals surface area contributed by atoms with Gasteiger partial charge in [-0.3, -0.25) is 9.52 Å². The largest absolute Gasteiger partial charge is 0.341 e. The number of hydrogen-bond donors (Lipinski definition) is 1. The van der Waals surface area contributed by atoms with Crippen molar-refractivity contribution in [3.63, 3.8) is 0 Å². The molecule has 0 bridgehead atoms. The van der Waals surface area contributed by atoms with Crippen molar-refractivity contribution < 1.29 is 13.2 Å². The third-order valence-electron chi connectivity index (χ3n) is 3.03. The van der Waals surface area contributed by atoms with Crippen molar-refractivity contribution in [3.05, 3.63) is 29.8 Å². The van der Waals surface area contributed by atoms with Gasteiger partial charge in [-0.05, 0) is 30.9 Å². The molecule has 1 aromatic rings. The zero-order valence-electron chi connectivity index (χ0n) is 11.1. The van der Waals surface area contributed by atoms with Crippen molar-refractivity contribution in [2.75, 3.05) is 24.6 Å². The Kier molecular flexibility index (Phi) is 3.80. The van der Waals surface area contributed by atoms with Crippen molar-refractivity contribution in [1.29, 1.82) is 0 Å². The summed E-state index contributed by atoms with van der Waals surface area (Å²) in [7, 11) is -1.64. The number of anilines is 1. The van der Waals surface area contributed by atoms with Crippen LogP contribution in [0.25, 0.3) is 0 Å². The predicted molar refractivity (Wildman–Crippen MR) is 74.6 cm³/mol. The number of nitrogens with one attached hydrogen (secondary N) is 1. The first kappa shape index (κ1) is 13.9. The van der Waals surface area contributed by atoms with E-state index in [1.807, 2.05) is 0 Å². The summed E-state index contributed by atoms with van der Waals surface area (Å²) in [5, 5.41) is 0. The molecular formula is C13H18N2O3S. The quantitative estimate of drug-likeness (QED) is 0.891. The van der Waals surface area contributed by atoms with E-state index in [1.165, 1.54) is 12.8 Å². The Hall–Kier alpha value is -1.56. The number of nitrogens with zero attached hydrogens (tertiary/aromatic N) is 1. The second kappa shape index (κ2) is 5.21. The van der Waals surface area contributed by atoms with Crippen LogP contribution >= 0.6 is 0 Å². The van der Waals surface area contributed by atoms with Crippen LogP contribution in [0.4, 0.5) is 5.69 Å². The zero-order chi connectivity index (χ0) is 14.0. The summed E-state index contributed by atoms with van der Waals surface area (Å²) in [5.74, 6) is 0.447. The van der Waals surface area contributed by atoms with E-state index in [1.54, 1.807) is 36.2 Å². The Bertz CT molecular complexity index is 579. The molecular weight excluding hydrogens is 264 g/mol. The van der Waals surface area contributed by atoms with E-state index in [-0.39, 0.29) is 5.91 Å². The highest BCUT2D eigenvalue weighted by Gasteiger charge is 2.26. The van der Waals surface area contributed by atoms with Crippen LogP contribution in [0.15, 0.2) is 24.3 Å². The van der Waals surface area contributed by atoms with Crippen molar-refractivity contribution >= 4 is 21.6 Å². The third-order valence-corrected chi connectivity index (χ3v) is 3.62. The van der Waals surface area contributed by atoms with E-state index >= 15 is 0 Å². The molecule has 104 valence electrons.